The van der Waals surface area contributed by atoms with E-state index < -0.39 is 5.60 Å². The van der Waals surface area contributed by atoms with Crippen LogP contribution in [-0.2, 0) is 19.1 Å². The number of hydrogen-bond acceptors (Lipinski definition) is 5. The van der Waals surface area contributed by atoms with Gasteiger partial charge in [0.2, 0.25) is 0 Å². The van der Waals surface area contributed by atoms with Crippen LogP contribution < -0.4 is 0 Å². The molecule has 1 fully saturated rings. The molecular weight excluding hydrogens is 258 g/mol. The quantitative estimate of drug-likeness (QED) is 0.572. The molecule has 0 aromatic carbocycles. The molecule has 1 heterocycles. The van der Waals surface area contributed by atoms with Gasteiger partial charge in [-0.1, -0.05) is 0 Å². The predicted octanol–water partition coefficient (Wildman–Crippen LogP) is 2.26. The minimum Gasteiger partial charge on any atom is -0.463 e. The zero-order valence-corrected chi connectivity index (χ0v) is 12.9. The highest BCUT2D eigenvalue weighted by molar-refractivity contribution is 5.82. The molecular formula is C15H25NO4. The van der Waals surface area contributed by atoms with Crippen molar-refractivity contribution in [1.29, 1.82) is 0 Å². The highest BCUT2D eigenvalue weighted by Gasteiger charge is 2.21. The molecule has 0 saturated carbocycles. The van der Waals surface area contributed by atoms with Gasteiger partial charge in [-0.25, -0.2) is 4.79 Å². The summed E-state index contributed by atoms with van der Waals surface area (Å²) < 4.78 is 10.2. The van der Waals surface area contributed by atoms with Gasteiger partial charge in [0.15, 0.2) is 0 Å². The van der Waals surface area contributed by atoms with Crippen LogP contribution in [-0.4, -0.2) is 42.1 Å². The van der Waals surface area contributed by atoms with Crippen molar-refractivity contribution in [2.75, 3.05) is 19.7 Å². The van der Waals surface area contributed by atoms with Crippen LogP contribution in [0.1, 0.15) is 47.0 Å². The number of hydrogen-bond donors (Lipinski definition) is 0. The molecule has 0 spiro atoms. The van der Waals surface area contributed by atoms with Gasteiger partial charge in [-0.05, 0) is 40.5 Å². The second-order valence-corrected chi connectivity index (χ2v) is 5.81. The molecule has 1 aliphatic heterocycles. The van der Waals surface area contributed by atoms with Gasteiger partial charge in [0.25, 0.3) is 0 Å². The van der Waals surface area contributed by atoms with E-state index >= 15 is 0 Å². The zero-order valence-electron chi connectivity index (χ0n) is 12.9. The number of likely N-dealkylation sites (tertiary alicyclic amines) is 1. The number of ether oxygens (including phenoxy) is 2. The van der Waals surface area contributed by atoms with E-state index in [0.29, 0.717) is 19.6 Å². The molecule has 0 aromatic rings. The lowest BCUT2D eigenvalue weighted by molar-refractivity contribution is -0.155. The standard InChI is InChI=1S/C15H25NO4/c1-5-19-14(18)11-12-7-6-9-16(12)10-8-13(17)20-15(2,3)4/h11H,5-10H2,1-4H3/b12-11+. The summed E-state index contributed by atoms with van der Waals surface area (Å²) in [6.07, 6.45) is 3.72. The van der Waals surface area contributed by atoms with Crippen molar-refractivity contribution in [3.05, 3.63) is 11.8 Å². The number of carbonyl (C=O) groups excluding carboxylic acids is 2. The topological polar surface area (TPSA) is 55.8 Å². The van der Waals surface area contributed by atoms with E-state index in [9.17, 15) is 9.59 Å². The molecule has 1 saturated heterocycles. The lowest BCUT2D eigenvalue weighted by Gasteiger charge is -2.22. The number of allylic oxidation sites excluding steroid dienone is 1. The Morgan fingerprint density at radius 1 is 1.35 bits per heavy atom. The van der Waals surface area contributed by atoms with E-state index in [4.69, 9.17) is 9.47 Å². The van der Waals surface area contributed by atoms with Crippen molar-refractivity contribution in [3.8, 4) is 0 Å². The van der Waals surface area contributed by atoms with Crippen LogP contribution in [0.25, 0.3) is 0 Å². The van der Waals surface area contributed by atoms with Crippen LogP contribution in [0.5, 0.6) is 0 Å². The van der Waals surface area contributed by atoms with Gasteiger partial charge in [-0.2, -0.15) is 0 Å². The maximum atomic E-state index is 11.7. The summed E-state index contributed by atoms with van der Waals surface area (Å²) in [5.41, 5.74) is 0.498. The summed E-state index contributed by atoms with van der Waals surface area (Å²) in [6.45, 7) is 9.17. The van der Waals surface area contributed by atoms with E-state index in [-0.39, 0.29) is 11.9 Å². The van der Waals surface area contributed by atoms with Gasteiger partial charge >= 0.3 is 11.9 Å². The van der Waals surface area contributed by atoms with Gasteiger partial charge in [0, 0.05) is 24.9 Å². The third kappa shape index (κ3) is 6.08. The molecule has 5 heteroatoms. The maximum Gasteiger partial charge on any atom is 0.332 e. The minimum absolute atomic E-state index is 0.208. The Morgan fingerprint density at radius 3 is 2.65 bits per heavy atom. The third-order valence-electron chi connectivity index (χ3n) is 2.84. The first-order chi connectivity index (χ1) is 9.31. The lowest BCUT2D eigenvalue weighted by Crippen LogP contribution is -2.28. The van der Waals surface area contributed by atoms with Crippen LogP contribution in [0.3, 0.4) is 0 Å². The molecule has 0 atom stereocenters. The summed E-state index contributed by atoms with van der Waals surface area (Å²) in [7, 11) is 0. The fourth-order valence-corrected chi connectivity index (χ4v) is 2.11. The molecule has 0 bridgehead atoms. The van der Waals surface area contributed by atoms with E-state index in [1.165, 1.54) is 6.08 Å². The van der Waals surface area contributed by atoms with Gasteiger partial charge in [0.1, 0.15) is 5.60 Å². The summed E-state index contributed by atoms with van der Waals surface area (Å²) in [4.78, 5) is 25.2. The van der Waals surface area contributed by atoms with Gasteiger partial charge < -0.3 is 14.4 Å². The Hall–Kier alpha value is -1.52. The van der Waals surface area contributed by atoms with Crippen LogP contribution in [0, 0.1) is 0 Å². The molecule has 0 unspecified atom stereocenters. The molecule has 114 valence electrons. The van der Waals surface area contributed by atoms with E-state index in [2.05, 4.69) is 4.90 Å². The monoisotopic (exact) mass is 283 g/mol. The van der Waals surface area contributed by atoms with Gasteiger partial charge in [-0.3, -0.25) is 4.79 Å². The van der Waals surface area contributed by atoms with Crippen molar-refractivity contribution in [2.45, 2.75) is 52.6 Å². The molecule has 1 aliphatic rings. The van der Waals surface area contributed by atoms with Crippen LogP contribution in [0.4, 0.5) is 0 Å². The predicted molar refractivity (Wildman–Crippen MR) is 76.0 cm³/mol. The first kappa shape index (κ1) is 16.5. The Bertz CT molecular complexity index is 382. The Labute approximate surface area is 120 Å². The molecule has 0 amide bonds. The van der Waals surface area contributed by atoms with Gasteiger partial charge in [0.05, 0.1) is 13.0 Å². The highest BCUT2D eigenvalue weighted by atomic mass is 16.6. The van der Waals surface area contributed by atoms with Gasteiger partial charge in [-0.15, -0.1) is 0 Å². The Kier molecular flexibility index (Phi) is 6.05. The minimum atomic E-state index is -0.453. The van der Waals surface area contributed by atoms with Crippen molar-refractivity contribution < 1.29 is 19.1 Å². The SMILES string of the molecule is CCOC(=O)/C=C1\CCCN1CCC(=O)OC(C)(C)C. The smallest absolute Gasteiger partial charge is 0.332 e. The number of nitrogens with zero attached hydrogens (tertiary/aromatic N) is 1. The zero-order chi connectivity index (χ0) is 15.2. The normalized spacial score (nSPS) is 17.4. The molecule has 1 rings (SSSR count). The van der Waals surface area contributed by atoms with E-state index in [1.54, 1.807) is 6.92 Å². The summed E-state index contributed by atoms with van der Waals surface area (Å²) in [5.74, 6) is -0.522. The number of rotatable bonds is 5. The van der Waals surface area contributed by atoms with Crippen molar-refractivity contribution in [3.63, 3.8) is 0 Å². The Morgan fingerprint density at radius 2 is 2.05 bits per heavy atom. The highest BCUT2D eigenvalue weighted by Crippen LogP contribution is 2.21. The molecule has 20 heavy (non-hydrogen) atoms. The molecule has 5 nitrogen and oxygen atoms in total. The second kappa shape index (κ2) is 7.31. The Balaban J connectivity index is 2.46. The van der Waals surface area contributed by atoms with E-state index in [1.807, 2.05) is 20.8 Å². The van der Waals surface area contributed by atoms with Crippen molar-refractivity contribution in [2.24, 2.45) is 0 Å². The second-order valence-electron chi connectivity index (χ2n) is 5.81. The van der Waals surface area contributed by atoms with Crippen LogP contribution >= 0.6 is 0 Å². The fraction of sp³-hybridized carbons (Fsp3) is 0.733. The summed E-state index contributed by atoms with van der Waals surface area (Å²) in [5, 5.41) is 0. The first-order valence-electron chi connectivity index (χ1n) is 7.16. The maximum absolute atomic E-state index is 11.7. The molecule has 0 N–H and O–H groups in total. The first-order valence-corrected chi connectivity index (χ1v) is 7.16. The fourth-order valence-electron chi connectivity index (χ4n) is 2.11. The average Bonchev–Trinajstić information content (AvgIpc) is 2.71. The third-order valence-corrected chi connectivity index (χ3v) is 2.84. The van der Waals surface area contributed by atoms with Crippen LogP contribution in [0.15, 0.2) is 11.8 Å². The van der Waals surface area contributed by atoms with Crippen molar-refractivity contribution in [1.82, 2.24) is 4.90 Å². The lowest BCUT2D eigenvalue weighted by atomic mass is 10.2. The summed E-state index contributed by atoms with van der Waals surface area (Å²) in [6, 6.07) is 0. The molecule has 0 aromatic heterocycles. The molecule has 0 radical (unpaired) electrons. The number of esters is 2. The average molecular weight is 283 g/mol. The van der Waals surface area contributed by atoms with Crippen molar-refractivity contribution >= 4 is 11.9 Å². The number of carbonyl (C=O) groups is 2. The summed E-state index contributed by atoms with van der Waals surface area (Å²) >= 11 is 0. The largest absolute Gasteiger partial charge is 0.463 e. The molecule has 0 aliphatic carbocycles. The van der Waals surface area contributed by atoms with Crippen LogP contribution in [0.2, 0.25) is 0 Å². The van der Waals surface area contributed by atoms with E-state index in [0.717, 1.165) is 25.1 Å².